The third-order valence-corrected chi connectivity index (χ3v) is 3.31. The van der Waals surface area contributed by atoms with Crippen LogP contribution in [0.2, 0.25) is 0 Å². The summed E-state index contributed by atoms with van der Waals surface area (Å²) in [5.74, 6) is 5.48. The summed E-state index contributed by atoms with van der Waals surface area (Å²) in [7, 11) is 0. The van der Waals surface area contributed by atoms with Crippen LogP contribution in [0.15, 0.2) is 24.3 Å². The second-order valence-electron chi connectivity index (χ2n) is 4.62. The summed E-state index contributed by atoms with van der Waals surface area (Å²) < 4.78 is 4.76. The van der Waals surface area contributed by atoms with E-state index in [-0.39, 0.29) is 0 Å². The molecule has 0 amide bonds. The molecule has 100 valence electrons. The van der Waals surface area contributed by atoms with Crippen LogP contribution in [0.25, 0.3) is 0 Å². The molecule has 1 saturated heterocycles. The van der Waals surface area contributed by atoms with Gasteiger partial charge in [-0.1, -0.05) is 18.1 Å². The van der Waals surface area contributed by atoms with E-state index in [0.29, 0.717) is 12.5 Å². The Balaban J connectivity index is 1.99. The number of rotatable bonds is 2. The molecule has 1 fully saturated rings. The minimum Gasteiger partial charge on any atom is -0.456 e. The molecule has 1 N–H and O–H groups in total. The molecule has 1 aliphatic heterocycles. The van der Waals surface area contributed by atoms with Gasteiger partial charge >= 0.3 is 5.97 Å². The molecule has 0 atom stereocenters. The zero-order valence-electron chi connectivity index (χ0n) is 11.2. The molecule has 19 heavy (non-hydrogen) atoms. The number of nitrogens with one attached hydrogen (secondary N) is 1. The summed E-state index contributed by atoms with van der Waals surface area (Å²) in [6.45, 7) is 4.32. The van der Waals surface area contributed by atoms with Gasteiger partial charge in [-0.05, 0) is 56.5 Å². The number of hydrogen-bond acceptors (Lipinski definition) is 3. The largest absolute Gasteiger partial charge is 0.456 e. The van der Waals surface area contributed by atoms with Crippen molar-refractivity contribution in [2.75, 3.05) is 19.7 Å². The van der Waals surface area contributed by atoms with Gasteiger partial charge in [0.15, 0.2) is 0 Å². The monoisotopic (exact) mass is 257 g/mol. The lowest BCUT2D eigenvalue weighted by Gasteiger charge is -2.22. The fourth-order valence-electron chi connectivity index (χ4n) is 2.28. The summed E-state index contributed by atoms with van der Waals surface area (Å²) in [4.78, 5) is 11.1. The molecule has 0 aliphatic carbocycles. The molecule has 0 spiro atoms. The van der Waals surface area contributed by atoms with Gasteiger partial charge in [0.1, 0.15) is 0 Å². The van der Waals surface area contributed by atoms with E-state index in [1.807, 2.05) is 12.1 Å². The number of carbonyl (C=O) groups is 1. The molecule has 3 nitrogen and oxygen atoms in total. The predicted octanol–water partition coefficient (Wildman–Crippen LogP) is 2.07. The van der Waals surface area contributed by atoms with Crippen LogP contribution in [-0.4, -0.2) is 25.7 Å². The third kappa shape index (κ3) is 4.11. The normalized spacial score (nSPS) is 15.4. The lowest BCUT2D eigenvalue weighted by atomic mass is 9.90. The van der Waals surface area contributed by atoms with Crippen molar-refractivity contribution in [2.45, 2.75) is 25.7 Å². The minimum absolute atomic E-state index is 0.363. The highest BCUT2D eigenvalue weighted by Gasteiger charge is 2.14. The molecule has 0 saturated carbocycles. The van der Waals surface area contributed by atoms with Crippen LogP contribution in [-0.2, 0) is 9.53 Å². The Hall–Kier alpha value is -1.79. The SMILES string of the molecule is CCOC(=O)C#Cc1ccc(C2CCNCC2)cc1. The van der Waals surface area contributed by atoms with Crippen molar-refractivity contribution in [1.29, 1.82) is 0 Å². The van der Waals surface area contributed by atoms with E-state index < -0.39 is 5.97 Å². The fourth-order valence-corrected chi connectivity index (χ4v) is 2.28. The van der Waals surface area contributed by atoms with Crippen LogP contribution < -0.4 is 5.32 Å². The average molecular weight is 257 g/mol. The molecule has 2 rings (SSSR count). The molecule has 1 aliphatic rings. The molecule has 1 heterocycles. The zero-order valence-corrected chi connectivity index (χ0v) is 11.2. The van der Waals surface area contributed by atoms with Gasteiger partial charge in [0.25, 0.3) is 0 Å². The van der Waals surface area contributed by atoms with E-state index in [4.69, 9.17) is 4.74 Å². The number of carbonyl (C=O) groups excluding carboxylic acids is 1. The van der Waals surface area contributed by atoms with E-state index in [2.05, 4.69) is 29.3 Å². The first kappa shape index (κ1) is 13.6. The summed E-state index contributed by atoms with van der Waals surface area (Å²) in [5.41, 5.74) is 2.22. The number of benzene rings is 1. The Morgan fingerprint density at radius 1 is 1.32 bits per heavy atom. The van der Waals surface area contributed by atoms with Crippen molar-refractivity contribution >= 4 is 5.97 Å². The van der Waals surface area contributed by atoms with Gasteiger partial charge in [-0.3, -0.25) is 0 Å². The highest BCUT2D eigenvalue weighted by atomic mass is 16.5. The fraction of sp³-hybridized carbons (Fsp3) is 0.438. The van der Waals surface area contributed by atoms with Crippen molar-refractivity contribution in [3.8, 4) is 11.8 Å². The summed E-state index contributed by atoms with van der Waals surface area (Å²) in [6, 6.07) is 8.18. The van der Waals surface area contributed by atoms with Crippen LogP contribution >= 0.6 is 0 Å². The lowest BCUT2D eigenvalue weighted by Crippen LogP contribution is -2.26. The van der Waals surface area contributed by atoms with Gasteiger partial charge in [-0.2, -0.15) is 0 Å². The van der Waals surface area contributed by atoms with Gasteiger partial charge in [0, 0.05) is 11.5 Å². The van der Waals surface area contributed by atoms with Gasteiger partial charge in [0.05, 0.1) is 6.61 Å². The topological polar surface area (TPSA) is 38.3 Å². The maximum Gasteiger partial charge on any atom is 0.384 e. The molecule has 1 aromatic carbocycles. The van der Waals surface area contributed by atoms with E-state index >= 15 is 0 Å². The van der Waals surface area contributed by atoms with Gasteiger partial charge in [0.2, 0.25) is 0 Å². The second kappa shape index (κ2) is 6.96. The Morgan fingerprint density at radius 3 is 2.63 bits per heavy atom. The van der Waals surface area contributed by atoms with Crippen LogP contribution in [0.5, 0.6) is 0 Å². The minimum atomic E-state index is -0.468. The summed E-state index contributed by atoms with van der Waals surface area (Å²) in [6.07, 6.45) is 2.38. The molecular formula is C16H19NO2. The van der Waals surface area contributed by atoms with Crippen molar-refractivity contribution in [3.05, 3.63) is 35.4 Å². The molecular weight excluding hydrogens is 238 g/mol. The quantitative estimate of drug-likeness (QED) is 0.651. The first-order chi connectivity index (χ1) is 9.29. The lowest BCUT2D eigenvalue weighted by molar-refractivity contribution is -0.136. The molecule has 1 aromatic rings. The van der Waals surface area contributed by atoms with Crippen molar-refractivity contribution in [1.82, 2.24) is 5.32 Å². The smallest absolute Gasteiger partial charge is 0.384 e. The predicted molar refractivity (Wildman–Crippen MR) is 74.8 cm³/mol. The van der Waals surface area contributed by atoms with Gasteiger partial charge < -0.3 is 10.1 Å². The zero-order chi connectivity index (χ0) is 13.5. The number of esters is 1. The van der Waals surface area contributed by atoms with E-state index in [1.165, 1.54) is 18.4 Å². The molecule has 3 heteroatoms. The Morgan fingerprint density at radius 2 is 2.00 bits per heavy atom. The van der Waals surface area contributed by atoms with Crippen LogP contribution in [0.3, 0.4) is 0 Å². The summed E-state index contributed by atoms with van der Waals surface area (Å²) in [5, 5.41) is 3.37. The number of ether oxygens (including phenoxy) is 1. The van der Waals surface area contributed by atoms with E-state index in [9.17, 15) is 4.79 Å². The van der Waals surface area contributed by atoms with E-state index in [0.717, 1.165) is 18.7 Å². The van der Waals surface area contributed by atoms with Gasteiger partial charge in [-0.25, -0.2) is 4.79 Å². The maximum atomic E-state index is 11.1. The molecule has 0 radical (unpaired) electrons. The second-order valence-corrected chi connectivity index (χ2v) is 4.62. The first-order valence-corrected chi connectivity index (χ1v) is 6.79. The van der Waals surface area contributed by atoms with Gasteiger partial charge in [-0.15, -0.1) is 0 Å². The maximum absolute atomic E-state index is 11.1. The van der Waals surface area contributed by atoms with Crippen LogP contribution in [0, 0.1) is 11.8 Å². The van der Waals surface area contributed by atoms with Crippen molar-refractivity contribution < 1.29 is 9.53 Å². The van der Waals surface area contributed by atoms with Crippen LogP contribution in [0.4, 0.5) is 0 Å². The highest BCUT2D eigenvalue weighted by molar-refractivity contribution is 5.89. The van der Waals surface area contributed by atoms with Crippen molar-refractivity contribution in [2.24, 2.45) is 0 Å². The Kier molecular flexibility index (Phi) is 5.00. The molecule has 0 aromatic heterocycles. The Bertz CT molecular complexity index is 476. The molecule has 0 bridgehead atoms. The highest BCUT2D eigenvalue weighted by Crippen LogP contribution is 2.24. The molecule has 0 unspecified atom stereocenters. The number of hydrogen-bond donors (Lipinski definition) is 1. The third-order valence-electron chi connectivity index (χ3n) is 3.31. The van der Waals surface area contributed by atoms with Crippen molar-refractivity contribution in [3.63, 3.8) is 0 Å². The average Bonchev–Trinajstić information content (AvgIpc) is 2.47. The summed E-state index contributed by atoms with van der Waals surface area (Å²) >= 11 is 0. The number of piperidine rings is 1. The van der Waals surface area contributed by atoms with E-state index in [1.54, 1.807) is 6.92 Å². The van der Waals surface area contributed by atoms with Crippen LogP contribution in [0.1, 0.15) is 36.8 Å². The Labute approximate surface area is 114 Å². The first-order valence-electron chi connectivity index (χ1n) is 6.79. The standard InChI is InChI=1S/C16H19NO2/c1-2-19-16(18)8-5-13-3-6-14(7-4-13)15-9-11-17-12-10-15/h3-4,6-7,15,17H,2,9-12H2,1H3.